The van der Waals surface area contributed by atoms with Gasteiger partial charge in [0.05, 0.1) is 17.9 Å². The Bertz CT molecular complexity index is 661. The topological polar surface area (TPSA) is 35.1 Å². The average Bonchev–Trinajstić information content (AvgIpc) is 3.00. The third-order valence-electron chi connectivity index (χ3n) is 3.12. The Kier molecular flexibility index (Phi) is 2.91. The molecule has 0 aromatic carbocycles. The van der Waals surface area contributed by atoms with Crippen molar-refractivity contribution in [3.8, 4) is 0 Å². The molecular formula is C13H16N4S. The first-order chi connectivity index (χ1) is 8.78. The molecule has 0 aliphatic heterocycles. The molecule has 0 saturated carbocycles. The summed E-state index contributed by atoms with van der Waals surface area (Å²) in [6, 6.07) is 2.19. The van der Waals surface area contributed by atoms with Gasteiger partial charge in [-0.25, -0.2) is 9.50 Å². The number of fused-ring (bicyclic) bond motifs is 1. The van der Waals surface area contributed by atoms with Crippen molar-refractivity contribution in [1.29, 1.82) is 0 Å². The Morgan fingerprint density at radius 1 is 1.39 bits per heavy atom. The summed E-state index contributed by atoms with van der Waals surface area (Å²) < 4.78 is 4.15. The van der Waals surface area contributed by atoms with Crippen molar-refractivity contribution < 1.29 is 0 Å². The van der Waals surface area contributed by atoms with E-state index in [9.17, 15) is 0 Å². The highest BCUT2D eigenvalue weighted by Gasteiger charge is 2.11. The third kappa shape index (κ3) is 1.95. The van der Waals surface area contributed by atoms with E-state index >= 15 is 0 Å². The maximum Gasteiger partial charge on any atom is 0.212 e. The van der Waals surface area contributed by atoms with Crippen LogP contribution < -0.4 is 0 Å². The van der Waals surface area contributed by atoms with Crippen LogP contribution in [0.1, 0.15) is 30.3 Å². The summed E-state index contributed by atoms with van der Waals surface area (Å²) in [7, 11) is 0. The maximum absolute atomic E-state index is 4.52. The van der Waals surface area contributed by atoms with Gasteiger partial charge in [-0.1, -0.05) is 24.7 Å². The Balaban J connectivity index is 1.90. The highest BCUT2D eigenvalue weighted by atomic mass is 32.1. The monoisotopic (exact) mass is 260 g/mol. The molecule has 3 rings (SSSR count). The zero-order chi connectivity index (χ0) is 12.5. The van der Waals surface area contributed by atoms with E-state index in [-0.39, 0.29) is 0 Å². The molecular weight excluding hydrogens is 244 g/mol. The molecule has 3 aromatic rings. The molecule has 0 saturated heterocycles. The fourth-order valence-corrected chi connectivity index (χ4v) is 2.90. The van der Waals surface area contributed by atoms with Crippen molar-refractivity contribution >= 4 is 16.3 Å². The van der Waals surface area contributed by atoms with Crippen molar-refractivity contribution in [3.05, 3.63) is 40.9 Å². The van der Waals surface area contributed by atoms with Crippen LogP contribution in [0, 0.1) is 6.92 Å². The van der Waals surface area contributed by atoms with E-state index in [1.54, 1.807) is 11.3 Å². The van der Waals surface area contributed by atoms with Crippen molar-refractivity contribution in [2.45, 2.75) is 33.2 Å². The normalized spacial score (nSPS) is 11.4. The number of aryl methyl sites for hydroxylation is 2. The molecule has 18 heavy (non-hydrogen) atoms. The lowest BCUT2D eigenvalue weighted by atomic mass is 10.2. The molecule has 3 heterocycles. The lowest BCUT2D eigenvalue weighted by Gasteiger charge is -2.02. The molecule has 0 bridgehead atoms. The van der Waals surface area contributed by atoms with Crippen molar-refractivity contribution in [1.82, 2.24) is 19.2 Å². The Labute approximate surface area is 110 Å². The number of hydrogen-bond donors (Lipinski definition) is 0. The second-order valence-corrected chi connectivity index (χ2v) is 5.33. The quantitative estimate of drug-likeness (QED) is 0.723. The Morgan fingerprint density at radius 3 is 3.11 bits per heavy atom. The fourth-order valence-electron chi connectivity index (χ4n) is 2.22. The van der Waals surface area contributed by atoms with Gasteiger partial charge in [-0.2, -0.15) is 5.10 Å². The van der Waals surface area contributed by atoms with Crippen molar-refractivity contribution in [2.75, 3.05) is 0 Å². The molecule has 94 valence electrons. The number of hydrogen-bond acceptors (Lipinski definition) is 3. The van der Waals surface area contributed by atoms with E-state index in [1.807, 2.05) is 16.9 Å². The Morgan fingerprint density at radius 2 is 2.28 bits per heavy atom. The average molecular weight is 260 g/mol. The summed E-state index contributed by atoms with van der Waals surface area (Å²) in [5, 5.41) is 4.34. The van der Waals surface area contributed by atoms with Gasteiger partial charge in [0.2, 0.25) is 4.96 Å². The molecule has 0 radical (unpaired) electrons. The highest BCUT2D eigenvalue weighted by molar-refractivity contribution is 7.14. The van der Waals surface area contributed by atoms with E-state index in [0.29, 0.717) is 0 Å². The van der Waals surface area contributed by atoms with Gasteiger partial charge in [-0.3, -0.25) is 0 Å². The second-order valence-electron chi connectivity index (χ2n) is 4.52. The largest absolute Gasteiger partial charge is 0.348 e. The number of aromatic nitrogens is 4. The van der Waals surface area contributed by atoms with Gasteiger partial charge in [0.1, 0.15) is 5.51 Å². The van der Waals surface area contributed by atoms with Crippen LogP contribution in [0.3, 0.4) is 0 Å². The lowest BCUT2D eigenvalue weighted by Crippen LogP contribution is -2.02. The molecule has 0 fully saturated rings. The van der Waals surface area contributed by atoms with Gasteiger partial charge in [0.15, 0.2) is 0 Å². The van der Waals surface area contributed by atoms with E-state index in [4.69, 9.17) is 0 Å². The zero-order valence-electron chi connectivity index (χ0n) is 10.6. The Hall–Kier alpha value is -1.62. The smallest absolute Gasteiger partial charge is 0.212 e. The van der Waals surface area contributed by atoms with Crippen molar-refractivity contribution in [2.24, 2.45) is 0 Å². The van der Waals surface area contributed by atoms with Gasteiger partial charge in [0, 0.05) is 12.4 Å². The van der Waals surface area contributed by atoms with Gasteiger partial charge in [0.25, 0.3) is 0 Å². The van der Waals surface area contributed by atoms with Crippen LogP contribution in [-0.4, -0.2) is 19.2 Å². The molecule has 0 unspecified atom stereocenters. The predicted molar refractivity (Wildman–Crippen MR) is 73.1 cm³/mol. The number of nitrogens with zero attached hydrogens (tertiary/aromatic N) is 4. The molecule has 0 atom stereocenters. The van der Waals surface area contributed by atoms with E-state index < -0.39 is 0 Å². The molecule has 4 nitrogen and oxygen atoms in total. The predicted octanol–water partition coefficient (Wildman–Crippen LogP) is 2.90. The molecule has 0 aliphatic carbocycles. The molecule has 0 amide bonds. The van der Waals surface area contributed by atoms with Crippen LogP contribution in [0.5, 0.6) is 0 Å². The SMILES string of the molecule is CCCc1ccn(Cc2c(C)nc3scnn23)c1. The lowest BCUT2D eigenvalue weighted by molar-refractivity contribution is 0.737. The zero-order valence-corrected chi connectivity index (χ0v) is 11.4. The minimum absolute atomic E-state index is 0.834. The molecule has 0 spiro atoms. The van der Waals surface area contributed by atoms with Gasteiger partial charge < -0.3 is 4.57 Å². The minimum atomic E-state index is 0.834. The highest BCUT2D eigenvalue weighted by Crippen LogP contribution is 2.16. The first kappa shape index (κ1) is 11.5. The first-order valence-corrected chi connectivity index (χ1v) is 7.08. The van der Waals surface area contributed by atoms with Gasteiger partial charge in [-0.15, -0.1) is 0 Å². The molecule has 0 aliphatic rings. The molecule has 0 N–H and O–H groups in total. The van der Waals surface area contributed by atoms with Gasteiger partial charge in [-0.05, 0) is 25.0 Å². The van der Waals surface area contributed by atoms with Crippen LogP contribution in [0.2, 0.25) is 0 Å². The van der Waals surface area contributed by atoms with Crippen LogP contribution in [-0.2, 0) is 13.0 Å². The minimum Gasteiger partial charge on any atom is -0.348 e. The van der Waals surface area contributed by atoms with Crippen molar-refractivity contribution in [3.63, 3.8) is 0 Å². The summed E-state index contributed by atoms with van der Waals surface area (Å²) >= 11 is 1.58. The van der Waals surface area contributed by atoms with E-state index in [1.165, 1.54) is 17.7 Å². The summed E-state index contributed by atoms with van der Waals surface area (Å²) in [5.41, 5.74) is 5.47. The van der Waals surface area contributed by atoms with Crippen LogP contribution in [0.4, 0.5) is 0 Å². The van der Waals surface area contributed by atoms with Crippen LogP contribution in [0.25, 0.3) is 4.96 Å². The van der Waals surface area contributed by atoms with Crippen LogP contribution in [0.15, 0.2) is 24.0 Å². The molecule has 5 heteroatoms. The standard InChI is InChI=1S/C13H16N4S/c1-3-4-11-5-6-16(7-11)8-12-10(2)15-13-17(12)14-9-18-13/h5-7,9H,3-4,8H2,1-2H3. The summed E-state index contributed by atoms with van der Waals surface area (Å²) in [6.07, 6.45) is 6.68. The second kappa shape index (κ2) is 4.57. The number of imidazole rings is 1. The third-order valence-corrected chi connectivity index (χ3v) is 3.80. The maximum atomic E-state index is 4.52. The first-order valence-electron chi connectivity index (χ1n) is 6.20. The van der Waals surface area contributed by atoms with E-state index in [2.05, 4.69) is 40.0 Å². The fraction of sp³-hybridized carbons (Fsp3) is 0.385. The molecule has 3 aromatic heterocycles. The van der Waals surface area contributed by atoms with Gasteiger partial charge >= 0.3 is 0 Å². The summed E-state index contributed by atoms with van der Waals surface area (Å²) in [6.45, 7) is 5.09. The summed E-state index contributed by atoms with van der Waals surface area (Å²) in [5.74, 6) is 0. The van der Waals surface area contributed by atoms with E-state index in [0.717, 1.165) is 23.6 Å². The van der Waals surface area contributed by atoms with Crippen LogP contribution >= 0.6 is 11.3 Å². The summed E-state index contributed by atoms with van der Waals surface area (Å²) in [4.78, 5) is 5.49. The number of rotatable bonds is 4.